The first kappa shape index (κ1) is 17.8. The molecule has 1 atom stereocenters. The maximum Gasteiger partial charge on any atom is 0.241 e. The highest BCUT2D eigenvalue weighted by atomic mass is 32.2. The maximum atomic E-state index is 12.5. The molecule has 0 aromatic heterocycles. The summed E-state index contributed by atoms with van der Waals surface area (Å²) in [7, 11) is -3.77. The van der Waals surface area contributed by atoms with Gasteiger partial charge in [0, 0.05) is 13.1 Å². The molecule has 1 amide bonds. The van der Waals surface area contributed by atoms with Crippen molar-refractivity contribution in [2.24, 2.45) is 5.73 Å². The second-order valence-electron chi connectivity index (χ2n) is 6.38. The van der Waals surface area contributed by atoms with E-state index in [9.17, 15) is 13.2 Å². The monoisotopic (exact) mass is 361 g/mol. The van der Waals surface area contributed by atoms with Gasteiger partial charge in [-0.15, -0.1) is 0 Å². The van der Waals surface area contributed by atoms with Gasteiger partial charge in [-0.3, -0.25) is 4.79 Å². The number of nitrogens with one attached hydrogen (secondary N) is 1. The highest BCUT2D eigenvalue weighted by Gasteiger charge is 2.23. The number of piperidine rings is 1. The number of nitrogens with zero attached hydrogens (tertiary/aromatic N) is 1. The van der Waals surface area contributed by atoms with Gasteiger partial charge in [0.2, 0.25) is 15.9 Å². The molecular weight excluding hydrogens is 338 g/mol. The van der Waals surface area contributed by atoms with E-state index in [-0.39, 0.29) is 17.2 Å². The van der Waals surface area contributed by atoms with E-state index in [0.717, 1.165) is 43.1 Å². The average molecular weight is 361 g/mol. The number of carbonyl (C=O) groups is 1. The van der Waals surface area contributed by atoms with Crippen LogP contribution in [-0.2, 0) is 14.8 Å². The van der Waals surface area contributed by atoms with E-state index in [1.54, 1.807) is 23.1 Å². The van der Waals surface area contributed by atoms with Crippen LogP contribution in [0.25, 0.3) is 10.8 Å². The molecule has 0 radical (unpaired) electrons. The van der Waals surface area contributed by atoms with Gasteiger partial charge in [-0.25, -0.2) is 8.42 Å². The van der Waals surface area contributed by atoms with Crippen LogP contribution in [0.15, 0.2) is 47.4 Å². The first-order valence-electron chi connectivity index (χ1n) is 8.50. The fourth-order valence-electron chi connectivity index (χ4n) is 3.10. The third-order valence-electron chi connectivity index (χ3n) is 4.44. The molecule has 3 rings (SSSR count). The van der Waals surface area contributed by atoms with E-state index in [0.29, 0.717) is 0 Å². The number of nitrogens with two attached hydrogens (primary N) is 1. The van der Waals surface area contributed by atoms with Gasteiger partial charge in [0.05, 0.1) is 17.5 Å². The van der Waals surface area contributed by atoms with Crippen LogP contribution in [0.5, 0.6) is 0 Å². The number of amides is 1. The van der Waals surface area contributed by atoms with Crippen LogP contribution in [0.1, 0.15) is 25.7 Å². The van der Waals surface area contributed by atoms with Gasteiger partial charge in [-0.05, 0) is 42.2 Å². The summed E-state index contributed by atoms with van der Waals surface area (Å²) >= 11 is 0. The van der Waals surface area contributed by atoms with E-state index < -0.39 is 16.2 Å². The molecule has 3 N–H and O–H groups in total. The third kappa shape index (κ3) is 4.36. The van der Waals surface area contributed by atoms with Crippen molar-refractivity contribution in [1.82, 2.24) is 9.62 Å². The predicted molar refractivity (Wildman–Crippen MR) is 97.3 cm³/mol. The minimum atomic E-state index is -3.77. The van der Waals surface area contributed by atoms with Crippen molar-refractivity contribution in [2.45, 2.75) is 36.7 Å². The summed E-state index contributed by atoms with van der Waals surface area (Å²) in [4.78, 5) is 14.1. The molecule has 0 bridgehead atoms. The summed E-state index contributed by atoms with van der Waals surface area (Å²) in [6, 6.07) is 12.4. The van der Waals surface area contributed by atoms with E-state index in [2.05, 4.69) is 4.72 Å². The number of rotatable bonds is 5. The van der Waals surface area contributed by atoms with E-state index in [1.165, 1.54) is 0 Å². The first-order chi connectivity index (χ1) is 12.0. The van der Waals surface area contributed by atoms with Crippen molar-refractivity contribution in [3.05, 3.63) is 42.5 Å². The summed E-state index contributed by atoms with van der Waals surface area (Å²) in [6.45, 7) is 1.45. The lowest BCUT2D eigenvalue weighted by atomic mass is 10.1. The molecule has 0 spiro atoms. The van der Waals surface area contributed by atoms with Crippen molar-refractivity contribution >= 4 is 26.7 Å². The van der Waals surface area contributed by atoms with Crippen LogP contribution >= 0.6 is 0 Å². The zero-order valence-electron chi connectivity index (χ0n) is 14.0. The van der Waals surface area contributed by atoms with Gasteiger partial charge in [-0.2, -0.15) is 4.72 Å². The molecule has 0 saturated carbocycles. The van der Waals surface area contributed by atoms with Gasteiger partial charge in [0.15, 0.2) is 0 Å². The topological polar surface area (TPSA) is 92.5 Å². The van der Waals surface area contributed by atoms with Crippen molar-refractivity contribution in [1.29, 1.82) is 0 Å². The van der Waals surface area contributed by atoms with Crippen molar-refractivity contribution in [3.8, 4) is 0 Å². The molecule has 1 saturated heterocycles. The molecule has 7 heteroatoms. The molecule has 25 heavy (non-hydrogen) atoms. The largest absolute Gasteiger partial charge is 0.343 e. The summed E-state index contributed by atoms with van der Waals surface area (Å²) in [5, 5.41) is 1.80. The number of benzene rings is 2. The van der Waals surface area contributed by atoms with Crippen LogP contribution < -0.4 is 10.5 Å². The lowest BCUT2D eigenvalue weighted by molar-refractivity contribution is -0.132. The Bertz CT molecular complexity index is 861. The minimum Gasteiger partial charge on any atom is -0.343 e. The van der Waals surface area contributed by atoms with Gasteiger partial charge in [-0.1, -0.05) is 30.3 Å². The van der Waals surface area contributed by atoms with Crippen LogP contribution in [0, 0.1) is 0 Å². The quantitative estimate of drug-likeness (QED) is 0.795. The fraction of sp³-hybridized carbons (Fsp3) is 0.389. The number of sulfonamides is 1. The molecular formula is C18H23N3O3S. The van der Waals surface area contributed by atoms with Gasteiger partial charge >= 0.3 is 0 Å². The van der Waals surface area contributed by atoms with Crippen molar-refractivity contribution in [3.63, 3.8) is 0 Å². The van der Waals surface area contributed by atoms with Crippen LogP contribution in [0.2, 0.25) is 0 Å². The molecule has 6 nitrogen and oxygen atoms in total. The summed E-state index contributed by atoms with van der Waals surface area (Å²) < 4.78 is 27.5. The molecule has 1 aliphatic heterocycles. The highest BCUT2D eigenvalue weighted by Crippen LogP contribution is 2.19. The SMILES string of the molecule is NC(CC(=O)N1CCCCC1)NS(=O)(=O)c1ccc2ccccc2c1. The average Bonchev–Trinajstić information content (AvgIpc) is 2.61. The number of likely N-dealkylation sites (tertiary alicyclic amines) is 1. The minimum absolute atomic E-state index is 0.0349. The zero-order valence-corrected chi connectivity index (χ0v) is 14.8. The molecule has 1 fully saturated rings. The van der Waals surface area contributed by atoms with Crippen LogP contribution in [0.4, 0.5) is 0 Å². The smallest absolute Gasteiger partial charge is 0.241 e. The number of carbonyl (C=O) groups excluding carboxylic acids is 1. The summed E-state index contributed by atoms with van der Waals surface area (Å²) in [5.41, 5.74) is 5.88. The Morgan fingerprint density at radius 1 is 1.08 bits per heavy atom. The Morgan fingerprint density at radius 3 is 2.48 bits per heavy atom. The van der Waals surface area contributed by atoms with E-state index in [4.69, 9.17) is 5.73 Å². The van der Waals surface area contributed by atoms with Crippen molar-refractivity contribution < 1.29 is 13.2 Å². The summed E-state index contributed by atoms with van der Waals surface area (Å²) in [5.74, 6) is -0.103. The van der Waals surface area contributed by atoms with Gasteiger partial charge < -0.3 is 10.6 Å². The molecule has 1 unspecified atom stereocenters. The van der Waals surface area contributed by atoms with E-state index in [1.807, 2.05) is 24.3 Å². The Morgan fingerprint density at radius 2 is 1.76 bits per heavy atom. The normalized spacial score (nSPS) is 16.8. The lowest BCUT2D eigenvalue weighted by Gasteiger charge is -2.27. The molecule has 0 aliphatic carbocycles. The maximum absolute atomic E-state index is 12.5. The first-order valence-corrected chi connectivity index (χ1v) is 9.98. The second kappa shape index (κ2) is 7.51. The van der Waals surface area contributed by atoms with E-state index >= 15 is 0 Å². The Balaban J connectivity index is 1.68. The second-order valence-corrected chi connectivity index (χ2v) is 8.10. The van der Waals surface area contributed by atoms with Gasteiger partial charge in [0.1, 0.15) is 0 Å². The molecule has 2 aromatic carbocycles. The van der Waals surface area contributed by atoms with Crippen LogP contribution in [-0.4, -0.2) is 38.5 Å². The predicted octanol–water partition coefficient (Wildman–Crippen LogP) is 1.81. The summed E-state index contributed by atoms with van der Waals surface area (Å²) in [6.07, 6.45) is 2.14. The molecule has 2 aromatic rings. The standard InChI is InChI=1S/C18H23N3O3S/c19-17(13-18(22)21-10-4-1-5-11-21)20-25(23,24)16-9-8-14-6-2-3-7-15(14)12-16/h2-3,6-9,12,17,20H,1,4-5,10-11,13,19H2. The third-order valence-corrected chi connectivity index (χ3v) is 5.93. The Hall–Kier alpha value is -1.96. The molecule has 134 valence electrons. The fourth-order valence-corrected chi connectivity index (χ4v) is 4.25. The lowest BCUT2D eigenvalue weighted by Crippen LogP contribution is -2.46. The molecule has 1 aliphatic rings. The van der Waals surface area contributed by atoms with Crippen molar-refractivity contribution in [2.75, 3.05) is 13.1 Å². The number of fused-ring (bicyclic) bond motifs is 1. The number of hydrogen-bond donors (Lipinski definition) is 2. The Labute approximate surface area is 148 Å². The van der Waals surface area contributed by atoms with Crippen LogP contribution in [0.3, 0.4) is 0 Å². The molecule has 1 heterocycles. The highest BCUT2D eigenvalue weighted by molar-refractivity contribution is 7.89. The zero-order chi connectivity index (χ0) is 17.9. The Kier molecular flexibility index (Phi) is 5.36. The van der Waals surface area contributed by atoms with Gasteiger partial charge in [0.25, 0.3) is 0 Å². The number of hydrogen-bond acceptors (Lipinski definition) is 4.